The van der Waals surface area contributed by atoms with Gasteiger partial charge in [0.1, 0.15) is 11.0 Å². The van der Waals surface area contributed by atoms with Crippen molar-refractivity contribution in [2.75, 3.05) is 19.0 Å². The van der Waals surface area contributed by atoms with E-state index in [-0.39, 0.29) is 5.15 Å². The van der Waals surface area contributed by atoms with E-state index in [4.69, 9.17) is 28.4 Å². The molecule has 6 heteroatoms. The molecule has 0 radical (unpaired) electrons. The van der Waals surface area contributed by atoms with Gasteiger partial charge in [0.2, 0.25) is 0 Å². The molecule has 0 bridgehead atoms. The SMILES string of the molecule is CN(C)c1cc(Cl)c(/C=N/O)c(Cl)n1. The lowest BCUT2D eigenvalue weighted by Crippen LogP contribution is -2.11. The molecule has 76 valence electrons. The monoisotopic (exact) mass is 233 g/mol. The number of oxime groups is 1. The molecule has 1 rings (SSSR count). The van der Waals surface area contributed by atoms with Crippen molar-refractivity contribution in [3.63, 3.8) is 0 Å². The first kappa shape index (κ1) is 11.1. The minimum Gasteiger partial charge on any atom is -0.411 e. The first-order valence-corrected chi connectivity index (χ1v) is 4.52. The van der Waals surface area contributed by atoms with Gasteiger partial charge in [-0.05, 0) is 0 Å². The largest absolute Gasteiger partial charge is 0.411 e. The summed E-state index contributed by atoms with van der Waals surface area (Å²) >= 11 is 11.7. The van der Waals surface area contributed by atoms with E-state index in [0.717, 1.165) is 6.21 Å². The molecule has 14 heavy (non-hydrogen) atoms. The van der Waals surface area contributed by atoms with E-state index in [2.05, 4.69) is 10.1 Å². The quantitative estimate of drug-likeness (QED) is 0.369. The van der Waals surface area contributed by atoms with Crippen molar-refractivity contribution in [2.24, 2.45) is 5.16 Å². The first-order chi connectivity index (χ1) is 6.56. The Morgan fingerprint density at radius 1 is 1.50 bits per heavy atom. The van der Waals surface area contributed by atoms with Gasteiger partial charge in [0.25, 0.3) is 0 Å². The molecule has 0 aliphatic carbocycles. The van der Waals surface area contributed by atoms with E-state index in [1.807, 2.05) is 14.1 Å². The molecular weight excluding hydrogens is 225 g/mol. The Labute approximate surface area is 91.8 Å². The number of hydrogen-bond donors (Lipinski definition) is 1. The summed E-state index contributed by atoms with van der Waals surface area (Å²) in [7, 11) is 3.66. The third-order valence-corrected chi connectivity index (χ3v) is 2.19. The minimum atomic E-state index is 0.207. The molecule has 0 spiro atoms. The summed E-state index contributed by atoms with van der Waals surface area (Å²) < 4.78 is 0. The highest BCUT2D eigenvalue weighted by molar-refractivity contribution is 6.38. The zero-order chi connectivity index (χ0) is 10.7. The van der Waals surface area contributed by atoms with Gasteiger partial charge in [-0.25, -0.2) is 4.98 Å². The second-order valence-corrected chi connectivity index (χ2v) is 3.57. The maximum atomic E-state index is 8.36. The lowest BCUT2D eigenvalue weighted by atomic mass is 10.3. The van der Waals surface area contributed by atoms with Crippen LogP contribution in [0.3, 0.4) is 0 Å². The van der Waals surface area contributed by atoms with Crippen molar-refractivity contribution in [3.05, 3.63) is 21.8 Å². The van der Waals surface area contributed by atoms with Crippen LogP contribution in [0.4, 0.5) is 5.82 Å². The van der Waals surface area contributed by atoms with Crippen LogP contribution in [0, 0.1) is 0 Å². The van der Waals surface area contributed by atoms with Crippen LogP contribution in [0.1, 0.15) is 5.56 Å². The minimum absolute atomic E-state index is 0.207. The molecule has 1 heterocycles. The van der Waals surface area contributed by atoms with Crippen LogP contribution in [0.5, 0.6) is 0 Å². The molecule has 0 saturated carbocycles. The van der Waals surface area contributed by atoms with E-state index < -0.39 is 0 Å². The molecule has 4 nitrogen and oxygen atoms in total. The Balaban J connectivity index is 3.25. The number of hydrogen-bond acceptors (Lipinski definition) is 4. The Morgan fingerprint density at radius 2 is 2.14 bits per heavy atom. The summed E-state index contributed by atoms with van der Waals surface area (Å²) in [5, 5.41) is 11.8. The summed E-state index contributed by atoms with van der Waals surface area (Å²) in [4.78, 5) is 5.83. The molecule has 1 aromatic heterocycles. The van der Waals surface area contributed by atoms with Crippen LogP contribution in [0.2, 0.25) is 10.2 Å². The molecule has 0 aliphatic rings. The highest BCUT2D eigenvalue weighted by atomic mass is 35.5. The summed E-state index contributed by atoms with van der Waals surface area (Å²) in [6.45, 7) is 0. The molecule has 1 aromatic rings. The van der Waals surface area contributed by atoms with Gasteiger partial charge in [-0.3, -0.25) is 0 Å². The van der Waals surface area contributed by atoms with Gasteiger partial charge >= 0.3 is 0 Å². The fourth-order valence-electron chi connectivity index (χ4n) is 0.884. The first-order valence-electron chi connectivity index (χ1n) is 3.77. The van der Waals surface area contributed by atoms with Gasteiger partial charge in [-0.1, -0.05) is 28.4 Å². The van der Waals surface area contributed by atoms with Crippen molar-refractivity contribution < 1.29 is 5.21 Å². The molecular formula is C8H9Cl2N3O. The van der Waals surface area contributed by atoms with Crippen LogP contribution in [0.25, 0.3) is 0 Å². The van der Waals surface area contributed by atoms with Gasteiger partial charge in [-0.15, -0.1) is 0 Å². The van der Waals surface area contributed by atoms with Crippen molar-refractivity contribution in [1.29, 1.82) is 0 Å². The van der Waals surface area contributed by atoms with Gasteiger partial charge in [0, 0.05) is 20.2 Å². The standard InChI is InChI=1S/C8H9Cl2N3O/c1-13(2)7-3-6(9)5(4-11-14)8(10)12-7/h3-4,14H,1-2H3/b11-4+. The predicted octanol–water partition coefficient (Wildman–Crippen LogP) is 2.26. The van der Waals surface area contributed by atoms with E-state index in [1.54, 1.807) is 11.0 Å². The highest BCUT2D eigenvalue weighted by Crippen LogP contribution is 2.25. The van der Waals surface area contributed by atoms with Crippen molar-refractivity contribution in [2.45, 2.75) is 0 Å². The average molecular weight is 234 g/mol. The van der Waals surface area contributed by atoms with Crippen molar-refractivity contribution in [1.82, 2.24) is 4.98 Å². The highest BCUT2D eigenvalue weighted by Gasteiger charge is 2.09. The van der Waals surface area contributed by atoms with E-state index in [9.17, 15) is 0 Å². The van der Waals surface area contributed by atoms with E-state index in [0.29, 0.717) is 16.4 Å². The molecule has 0 aromatic carbocycles. The molecule has 0 saturated heterocycles. The maximum Gasteiger partial charge on any atom is 0.141 e. The average Bonchev–Trinajstić information content (AvgIpc) is 2.10. The van der Waals surface area contributed by atoms with Gasteiger partial charge in [0.05, 0.1) is 16.8 Å². The van der Waals surface area contributed by atoms with Crippen LogP contribution in [-0.2, 0) is 0 Å². The van der Waals surface area contributed by atoms with E-state index >= 15 is 0 Å². The number of halogens is 2. The van der Waals surface area contributed by atoms with Gasteiger partial charge < -0.3 is 10.1 Å². The molecule has 0 aliphatic heterocycles. The fourth-order valence-corrected chi connectivity index (χ4v) is 1.41. The molecule has 0 fully saturated rings. The number of aromatic nitrogens is 1. The molecule has 0 amide bonds. The Morgan fingerprint density at radius 3 is 2.57 bits per heavy atom. The third kappa shape index (κ3) is 2.27. The summed E-state index contributed by atoms with van der Waals surface area (Å²) in [6.07, 6.45) is 1.15. The normalized spacial score (nSPS) is 10.9. The van der Waals surface area contributed by atoms with Crippen molar-refractivity contribution >= 4 is 35.2 Å². The van der Waals surface area contributed by atoms with Gasteiger partial charge in [-0.2, -0.15) is 0 Å². The second kappa shape index (κ2) is 4.48. The fraction of sp³-hybridized carbons (Fsp3) is 0.250. The number of anilines is 1. The third-order valence-electron chi connectivity index (χ3n) is 1.59. The summed E-state index contributed by atoms with van der Waals surface area (Å²) in [5.74, 6) is 0.648. The molecule has 0 unspecified atom stereocenters. The van der Waals surface area contributed by atoms with Crippen LogP contribution in [-0.4, -0.2) is 30.5 Å². The molecule has 1 N–H and O–H groups in total. The molecule has 0 atom stereocenters. The number of nitrogens with zero attached hydrogens (tertiary/aromatic N) is 3. The zero-order valence-electron chi connectivity index (χ0n) is 7.70. The number of rotatable bonds is 2. The lowest BCUT2D eigenvalue weighted by molar-refractivity contribution is 0.322. The zero-order valence-corrected chi connectivity index (χ0v) is 9.21. The Kier molecular flexibility index (Phi) is 3.55. The smallest absolute Gasteiger partial charge is 0.141 e. The summed E-state index contributed by atoms with van der Waals surface area (Å²) in [5.41, 5.74) is 0.404. The van der Waals surface area contributed by atoms with Gasteiger partial charge in [0.15, 0.2) is 0 Å². The van der Waals surface area contributed by atoms with Crippen LogP contribution >= 0.6 is 23.2 Å². The van der Waals surface area contributed by atoms with E-state index in [1.165, 1.54) is 0 Å². The second-order valence-electron chi connectivity index (χ2n) is 2.81. The summed E-state index contributed by atoms with van der Waals surface area (Å²) in [6, 6.07) is 1.64. The number of pyridine rings is 1. The van der Waals surface area contributed by atoms with Crippen LogP contribution < -0.4 is 4.90 Å². The topological polar surface area (TPSA) is 48.7 Å². The van der Waals surface area contributed by atoms with Crippen LogP contribution in [0.15, 0.2) is 11.2 Å². The Hall–Kier alpha value is -1.000. The van der Waals surface area contributed by atoms with Crippen molar-refractivity contribution in [3.8, 4) is 0 Å². The maximum absolute atomic E-state index is 8.36. The Bertz CT molecular complexity index is 343. The lowest BCUT2D eigenvalue weighted by Gasteiger charge is -2.12. The predicted molar refractivity (Wildman–Crippen MR) is 58.0 cm³/mol.